The Kier molecular flexibility index (Phi) is 2.78. The molecule has 0 amide bonds. The van der Waals surface area contributed by atoms with Crippen LogP contribution in [-0.2, 0) is 0 Å². The molecule has 0 saturated heterocycles. The number of hydrogen-bond acceptors (Lipinski definition) is 5. The van der Waals surface area contributed by atoms with Gasteiger partial charge in [-0.15, -0.1) is 0 Å². The van der Waals surface area contributed by atoms with Gasteiger partial charge in [-0.05, 0) is 17.7 Å². The summed E-state index contributed by atoms with van der Waals surface area (Å²) in [5, 5.41) is 29.0. The van der Waals surface area contributed by atoms with E-state index in [-0.39, 0.29) is 6.61 Å². The Hall–Kier alpha value is -1.89. The van der Waals surface area contributed by atoms with Crippen LogP contribution in [0.1, 0.15) is 6.04 Å². The number of nitrogens with zero attached hydrogens (tertiary/aromatic N) is 2. The molecule has 5 N–H and O–H groups in total. The lowest BCUT2D eigenvalue weighted by atomic mass is 10.1. The van der Waals surface area contributed by atoms with Crippen LogP contribution in [-0.4, -0.2) is 43.7 Å². The van der Waals surface area contributed by atoms with Crippen molar-refractivity contribution >= 4 is 16.7 Å². The van der Waals surface area contributed by atoms with Crippen molar-refractivity contribution in [1.29, 1.82) is 0 Å². The predicted molar refractivity (Wildman–Crippen MR) is 70.4 cm³/mol. The van der Waals surface area contributed by atoms with Gasteiger partial charge in [-0.1, -0.05) is 12.1 Å². The molecule has 2 aromatic rings. The van der Waals surface area contributed by atoms with Crippen LogP contribution in [0.25, 0.3) is 11.0 Å². The van der Waals surface area contributed by atoms with Crippen molar-refractivity contribution in [1.82, 2.24) is 9.55 Å². The number of anilines is 1. The third-order valence-electron chi connectivity index (χ3n) is 3.58. The second kappa shape index (κ2) is 4.34. The molecule has 1 aromatic carbocycles. The fourth-order valence-corrected chi connectivity index (χ4v) is 2.53. The number of fused-ring (bicyclic) bond motifs is 1. The molecular weight excluding hydrogens is 246 g/mol. The van der Waals surface area contributed by atoms with Gasteiger partial charge in [0.15, 0.2) is 0 Å². The van der Waals surface area contributed by atoms with E-state index in [1.807, 2.05) is 12.1 Å². The normalized spacial score (nSPS) is 26.9. The average molecular weight is 261 g/mol. The second-order valence-electron chi connectivity index (χ2n) is 4.69. The van der Waals surface area contributed by atoms with Crippen molar-refractivity contribution in [3.05, 3.63) is 36.2 Å². The minimum Gasteiger partial charge on any atom is -0.397 e. The minimum absolute atomic E-state index is 0.274. The highest BCUT2D eigenvalue weighted by Crippen LogP contribution is 2.32. The predicted octanol–water partition coefficient (Wildman–Crippen LogP) is -0.186. The summed E-state index contributed by atoms with van der Waals surface area (Å²) >= 11 is 0. The Labute approximate surface area is 109 Å². The highest BCUT2D eigenvalue weighted by atomic mass is 16.3. The zero-order chi connectivity index (χ0) is 13.6. The van der Waals surface area contributed by atoms with Crippen LogP contribution < -0.4 is 5.73 Å². The molecule has 100 valence electrons. The van der Waals surface area contributed by atoms with Crippen molar-refractivity contribution in [2.24, 2.45) is 0 Å². The minimum atomic E-state index is -1.05. The summed E-state index contributed by atoms with van der Waals surface area (Å²) in [5.74, 6) is 0. The molecule has 3 atom stereocenters. The number of aromatic nitrogens is 2. The molecular formula is C13H15N3O3. The van der Waals surface area contributed by atoms with Gasteiger partial charge in [0.05, 0.1) is 30.2 Å². The summed E-state index contributed by atoms with van der Waals surface area (Å²) in [6.07, 6.45) is 1.20. The first-order valence-electron chi connectivity index (χ1n) is 6.02. The van der Waals surface area contributed by atoms with Gasteiger partial charge in [0.2, 0.25) is 0 Å². The average Bonchev–Trinajstić information content (AvgIpc) is 2.94. The van der Waals surface area contributed by atoms with E-state index >= 15 is 0 Å². The van der Waals surface area contributed by atoms with E-state index in [1.54, 1.807) is 23.0 Å². The van der Waals surface area contributed by atoms with Crippen LogP contribution in [0.2, 0.25) is 0 Å². The molecule has 19 heavy (non-hydrogen) atoms. The number of hydrogen-bond donors (Lipinski definition) is 4. The van der Waals surface area contributed by atoms with Crippen molar-refractivity contribution in [2.75, 3.05) is 12.3 Å². The number of imidazole rings is 1. The summed E-state index contributed by atoms with van der Waals surface area (Å²) in [5.41, 5.74) is 8.27. The van der Waals surface area contributed by atoms with E-state index in [2.05, 4.69) is 4.98 Å². The monoisotopic (exact) mass is 261 g/mol. The topological polar surface area (TPSA) is 105 Å². The van der Waals surface area contributed by atoms with Crippen molar-refractivity contribution < 1.29 is 15.3 Å². The van der Waals surface area contributed by atoms with Gasteiger partial charge < -0.3 is 25.6 Å². The summed E-state index contributed by atoms with van der Waals surface area (Å²) in [6.45, 7) is -0.274. The third-order valence-corrected chi connectivity index (χ3v) is 3.58. The van der Waals surface area contributed by atoms with Crippen LogP contribution in [0.15, 0.2) is 36.2 Å². The maximum atomic E-state index is 10.1. The van der Waals surface area contributed by atoms with Crippen LogP contribution in [0.5, 0.6) is 0 Å². The molecule has 0 bridgehead atoms. The first-order valence-corrected chi connectivity index (χ1v) is 6.02. The van der Waals surface area contributed by atoms with Crippen LogP contribution in [0.4, 0.5) is 5.69 Å². The van der Waals surface area contributed by atoms with Gasteiger partial charge in [0.25, 0.3) is 0 Å². The maximum Gasteiger partial charge on any atom is 0.111 e. The number of benzene rings is 1. The number of nitrogen functional groups attached to an aromatic ring is 1. The second-order valence-corrected chi connectivity index (χ2v) is 4.69. The molecule has 0 saturated carbocycles. The van der Waals surface area contributed by atoms with E-state index in [9.17, 15) is 10.2 Å². The van der Waals surface area contributed by atoms with Gasteiger partial charge in [-0.25, -0.2) is 4.98 Å². The molecule has 3 rings (SSSR count). The maximum absolute atomic E-state index is 10.1. The Morgan fingerprint density at radius 1 is 1.32 bits per heavy atom. The van der Waals surface area contributed by atoms with Gasteiger partial charge in [-0.3, -0.25) is 0 Å². The molecule has 1 aliphatic rings. The lowest BCUT2D eigenvalue weighted by Gasteiger charge is -2.19. The van der Waals surface area contributed by atoms with Gasteiger partial charge in [-0.2, -0.15) is 0 Å². The zero-order valence-corrected chi connectivity index (χ0v) is 10.1. The summed E-state index contributed by atoms with van der Waals surface area (Å²) in [4.78, 5) is 4.23. The quantitative estimate of drug-likeness (QED) is 0.443. The van der Waals surface area contributed by atoms with Crippen LogP contribution in [0, 0.1) is 0 Å². The van der Waals surface area contributed by atoms with Crippen LogP contribution in [0.3, 0.4) is 0 Å². The molecule has 0 aliphatic heterocycles. The largest absolute Gasteiger partial charge is 0.397 e. The molecule has 0 radical (unpaired) electrons. The Bertz CT molecular complexity index is 650. The first kappa shape index (κ1) is 12.2. The highest BCUT2D eigenvalue weighted by Gasteiger charge is 2.35. The van der Waals surface area contributed by atoms with Gasteiger partial charge in [0.1, 0.15) is 17.7 Å². The van der Waals surface area contributed by atoms with Crippen molar-refractivity contribution in [2.45, 2.75) is 18.2 Å². The highest BCUT2D eigenvalue weighted by molar-refractivity contribution is 5.87. The number of aliphatic hydroxyl groups excluding tert-OH is 3. The Morgan fingerprint density at radius 2 is 2.11 bits per heavy atom. The van der Waals surface area contributed by atoms with Crippen molar-refractivity contribution in [3.8, 4) is 0 Å². The fraction of sp³-hybridized carbons (Fsp3) is 0.308. The van der Waals surface area contributed by atoms with E-state index in [1.165, 1.54) is 0 Å². The molecule has 1 heterocycles. The third kappa shape index (κ3) is 1.73. The lowest BCUT2D eigenvalue weighted by molar-refractivity contribution is 0.0288. The molecule has 6 nitrogen and oxygen atoms in total. The van der Waals surface area contributed by atoms with Crippen LogP contribution >= 0.6 is 0 Å². The van der Waals surface area contributed by atoms with E-state index in [0.717, 1.165) is 5.52 Å². The molecule has 1 aromatic heterocycles. The number of para-hydroxylation sites is 1. The smallest absolute Gasteiger partial charge is 0.111 e. The summed E-state index contributed by atoms with van der Waals surface area (Å²) in [7, 11) is 0. The first-order chi connectivity index (χ1) is 9.13. The van der Waals surface area contributed by atoms with E-state index in [0.29, 0.717) is 16.8 Å². The Morgan fingerprint density at radius 3 is 2.79 bits per heavy atom. The Balaban J connectivity index is 2.11. The number of aliphatic hydroxyl groups is 3. The SMILES string of the molecule is Nc1cccc2c1ncn2[C@@H]1C=C(CO)[C@@H](O)[C@H]1O. The summed E-state index contributed by atoms with van der Waals surface area (Å²) in [6, 6.07) is 4.96. The number of rotatable bonds is 2. The van der Waals surface area contributed by atoms with Gasteiger partial charge >= 0.3 is 0 Å². The zero-order valence-electron chi connectivity index (χ0n) is 10.1. The number of nitrogens with two attached hydrogens (primary N) is 1. The van der Waals surface area contributed by atoms with E-state index in [4.69, 9.17) is 10.8 Å². The molecule has 6 heteroatoms. The molecule has 1 aliphatic carbocycles. The molecule has 0 unspecified atom stereocenters. The van der Waals surface area contributed by atoms with Gasteiger partial charge in [0, 0.05) is 0 Å². The molecule has 0 fully saturated rings. The fourth-order valence-electron chi connectivity index (χ4n) is 2.53. The molecule has 0 spiro atoms. The summed E-state index contributed by atoms with van der Waals surface area (Å²) < 4.78 is 1.75. The van der Waals surface area contributed by atoms with E-state index < -0.39 is 18.2 Å². The standard InChI is InChI=1S/C13H15N3O3/c14-8-2-1-3-9-11(8)15-6-16(9)10-4-7(5-17)12(18)13(10)19/h1-4,6,10,12-13,17-19H,5,14H2/t10-,12-,13+/m1/s1. The van der Waals surface area contributed by atoms with Crippen molar-refractivity contribution in [3.63, 3.8) is 0 Å². The lowest BCUT2D eigenvalue weighted by Crippen LogP contribution is -2.29.